The Hall–Kier alpha value is -6.65. The second kappa shape index (κ2) is 12.2. The summed E-state index contributed by atoms with van der Waals surface area (Å²) in [4.78, 5) is 15.2. The molecule has 0 aliphatic heterocycles. The molecule has 0 aliphatic carbocycles. The minimum absolute atomic E-state index is 0.602. The third-order valence-corrected chi connectivity index (χ3v) is 8.96. The first-order valence-corrected chi connectivity index (χ1v) is 16.4. The van der Waals surface area contributed by atoms with Crippen molar-refractivity contribution in [3.05, 3.63) is 176 Å². The van der Waals surface area contributed by atoms with Crippen LogP contribution in [0.1, 0.15) is 0 Å². The summed E-state index contributed by atoms with van der Waals surface area (Å²) in [6.07, 6.45) is 0. The maximum atomic E-state index is 6.52. The van der Waals surface area contributed by atoms with Crippen LogP contribution in [0, 0.1) is 0 Å². The third-order valence-electron chi connectivity index (χ3n) is 8.96. The highest BCUT2D eigenvalue weighted by Crippen LogP contribution is 2.40. The van der Waals surface area contributed by atoms with Gasteiger partial charge in [0.15, 0.2) is 17.5 Å². The van der Waals surface area contributed by atoms with E-state index in [1.165, 1.54) is 11.1 Å². The summed E-state index contributed by atoms with van der Waals surface area (Å²) in [6.45, 7) is 0. The summed E-state index contributed by atoms with van der Waals surface area (Å²) in [5.41, 5.74) is 11.1. The molecule has 0 bridgehead atoms. The Morgan fingerprint density at radius 3 is 1.29 bits per heavy atom. The van der Waals surface area contributed by atoms with Crippen molar-refractivity contribution >= 4 is 21.9 Å². The fourth-order valence-electron chi connectivity index (χ4n) is 6.44. The number of hydrogen-bond donors (Lipinski definition) is 0. The van der Waals surface area contributed by atoms with E-state index < -0.39 is 0 Å². The van der Waals surface area contributed by atoms with Crippen LogP contribution >= 0.6 is 0 Å². The minimum atomic E-state index is 0.602. The van der Waals surface area contributed by atoms with Gasteiger partial charge < -0.3 is 4.42 Å². The first-order chi connectivity index (χ1) is 24.3. The van der Waals surface area contributed by atoms with Gasteiger partial charge in [0.2, 0.25) is 0 Å². The van der Waals surface area contributed by atoms with Gasteiger partial charge in [-0.15, -0.1) is 0 Å². The second-order valence-electron chi connectivity index (χ2n) is 12.1. The molecule has 0 amide bonds. The summed E-state index contributed by atoms with van der Waals surface area (Å²) in [6, 6.07) is 60.4. The Morgan fingerprint density at radius 2 is 0.714 bits per heavy atom. The molecule has 0 saturated carbocycles. The van der Waals surface area contributed by atoms with Crippen molar-refractivity contribution in [2.75, 3.05) is 0 Å². The van der Waals surface area contributed by atoms with Crippen LogP contribution in [-0.2, 0) is 0 Å². The molecule has 0 fully saturated rings. The van der Waals surface area contributed by atoms with Crippen molar-refractivity contribution in [3.63, 3.8) is 0 Å². The Balaban J connectivity index is 1.22. The molecule has 2 heterocycles. The number of aromatic nitrogens is 3. The SMILES string of the molecule is c1ccc(-c2ccc(-c3nc(-c4ccccc4)nc(-c4cc(-c5ccc(-c6ccccc6)cc5)c5oc6ccccc6c5c4)n3)cc2)cc1. The highest BCUT2D eigenvalue weighted by atomic mass is 16.3. The molecule has 2 aromatic heterocycles. The largest absolute Gasteiger partial charge is 0.455 e. The Morgan fingerprint density at radius 1 is 0.306 bits per heavy atom. The van der Waals surface area contributed by atoms with E-state index >= 15 is 0 Å². The second-order valence-corrected chi connectivity index (χ2v) is 12.1. The molecule has 4 heteroatoms. The van der Waals surface area contributed by atoms with Gasteiger partial charge in [-0.2, -0.15) is 0 Å². The predicted octanol–water partition coefficient (Wildman–Crippen LogP) is 11.8. The Kier molecular flexibility index (Phi) is 7.10. The molecule has 9 rings (SSSR count). The molecule has 49 heavy (non-hydrogen) atoms. The summed E-state index contributed by atoms with van der Waals surface area (Å²) < 4.78 is 6.52. The molecular formula is C45H29N3O. The molecule has 4 nitrogen and oxygen atoms in total. The van der Waals surface area contributed by atoms with Crippen LogP contribution < -0.4 is 0 Å². The van der Waals surface area contributed by atoms with Gasteiger partial charge in [-0.1, -0.05) is 158 Å². The first-order valence-electron chi connectivity index (χ1n) is 16.4. The Labute approximate surface area is 284 Å². The lowest BCUT2D eigenvalue weighted by atomic mass is 9.96. The van der Waals surface area contributed by atoms with Crippen molar-refractivity contribution < 1.29 is 4.42 Å². The van der Waals surface area contributed by atoms with Crippen LogP contribution in [-0.4, -0.2) is 15.0 Å². The van der Waals surface area contributed by atoms with Crippen molar-refractivity contribution in [2.24, 2.45) is 0 Å². The monoisotopic (exact) mass is 627 g/mol. The Bertz CT molecular complexity index is 2560. The van der Waals surface area contributed by atoms with Crippen LogP contribution in [0.3, 0.4) is 0 Å². The van der Waals surface area contributed by atoms with E-state index in [-0.39, 0.29) is 0 Å². The fraction of sp³-hybridized carbons (Fsp3) is 0. The van der Waals surface area contributed by atoms with E-state index in [1.54, 1.807) is 0 Å². The van der Waals surface area contributed by atoms with Crippen molar-refractivity contribution in [3.8, 4) is 67.5 Å². The molecular weight excluding hydrogens is 599 g/mol. The van der Waals surface area contributed by atoms with E-state index in [4.69, 9.17) is 19.4 Å². The number of fused-ring (bicyclic) bond motifs is 3. The lowest BCUT2D eigenvalue weighted by molar-refractivity contribution is 0.670. The van der Waals surface area contributed by atoms with E-state index in [0.717, 1.165) is 60.9 Å². The van der Waals surface area contributed by atoms with Gasteiger partial charge in [0.05, 0.1) is 0 Å². The van der Waals surface area contributed by atoms with Gasteiger partial charge in [0.25, 0.3) is 0 Å². The summed E-state index contributed by atoms with van der Waals surface area (Å²) in [5, 5.41) is 2.07. The highest BCUT2D eigenvalue weighted by molar-refractivity contribution is 6.11. The highest BCUT2D eigenvalue weighted by Gasteiger charge is 2.18. The molecule has 0 radical (unpaired) electrons. The number of hydrogen-bond acceptors (Lipinski definition) is 4. The van der Waals surface area contributed by atoms with Gasteiger partial charge in [0.1, 0.15) is 11.2 Å². The molecule has 9 aromatic rings. The lowest BCUT2D eigenvalue weighted by Crippen LogP contribution is -2.00. The summed E-state index contributed by atoms with van der Waals surface area (Å²) in [5.74, 6) is 1.85. The van der Waals surface area contributed by atoms with Gasteiger partial charge in [-0.25, -0.2) is 15.0 Å². The van der Waals surface area contributed by atoms with Crippen molar-refractivity contribution in [1.82, 2.24) is 15.0 Å². The lowest BCUT2D eigenvalue weighted by Gasteiger charge is -2.11. The van der Waals surface area contributed by atoms with Gasteiger partial charge in [0, 0.05) is 33.0 Å². The summed E-state index contributed by atoms with van der Waals surface area (Å²) >= 11 is 0. The number of nitrogens with zero attached hydrogens (tertiary/aromatic N) is 3. The van der Waals surface area contributed by atoms with E-state index in [0.29, 0.717) is 17.5 Å². The molecule has 0 atom stereocenters. The van der Waals surface area contributed by atoms with Crippen LogP contribution in [0.4, 0.5) is 0 Å². The predicted molar refractivity (Wildman–Crippen MR) is 200 cm³/mol. The molecule has 7 aromatic carbocycles. The third kappa shape index (κ3) is 5.45. The zero-order valence-corrected chi connectivity index (χ0v) is 26.5. The van der Waals surface area contributed by atoms with Gasteiger partial charge in [-0.3, -0.25) is 0 Å². The first kappa shape index (κ1) is 28.6. The molecule has 230 valence electrons. The molecule has 0 spiro atoms. The smallest absolute Gasteiger partial charge is 0.164 e. The minimum Gasteiger partial charge on any atom is -0.455 e. The number of rotatable bonds is 6. The number of para-hydroxylation sites is 1. The van der Waals surface area contributed by atoms with Crippen LogP contribution in [0.2, 0.25) is 0 Å². The van der Waals surface area contributed by atoms with Crippen LogP contribution in [0.5, 0.6) is 0 Å². The van der Waals surface area contributed by atoms with E-state index in [2.05, 4.69) is 115 Å². The van der Waals surface area contributed by atoms with Crippen LogP contribution in [0.25, 0.3) is 89.5 Å². The fourth-order valence-corrected chi connectivity index (χ4v) is 6.44. The topological polar surface area (TPSA) is 51.8 Å². The molecule has 0 aliphatic rings. The normalized spacial score (nSPS) is 11.3. The molecule has 0 saturated heterocycles. The zero-order chi connectivity index (χ0) is 32.6. The maximum Gasteiger partial charge on any atom is 0.164 e. The quantitative estimate of drug-likeness (QED) is 0.184. The van der Waals surface area contributed by atoms with E-state index in [1.807, 2.05) is 60.7 Å². The van der Waals surface area contributed by atoms with Gasteiger partial charge >= 0.3 is 0 Å². The van der Waals surface area contributed by atoms with E-state index in [9.17, 15) is 0 Å². The van der Waals surface area contributed by atoms with Crippen LogP contribution in [0.15, 0.2) is 180 Å². The number of benzene rings is 7. The average Bonchev–Trinajstić information content (AvgIpc) is 3.57. The van der Waals surface area contributed by atoms with Gasteiger partial charge in [-0.05, 0) is 46.0 Å². The van der Waals surface area contributed by atoms with Crippen molar-refractivity contribution in [1.29, 1.82) is 0 Å². The van der Waals surface area contributed by atoms with Crippen molar-refractivity contribution in [2.45, 2.75) is 0 Å². The molecule has 0 N–H and O–H groups in total. The maximum absolute atomic E-state index is 6.52. The summed E-state index contributed by atoms with van der Waals surface area (Å²) in [7, 11) is 0. The standard InChI is InChI=1S/C45H29N3O/c1-4-12-30(13-5-1)32-20-24-34(25-21-32)39-28-37(29-40-38-18-10-11-19-41(38)49-42(39)40)45-47-43(35-16-8-3-9-17-35)46-44(48-45)36-26-22-33(23-27-36)31-14-6-2-7-15-31/h1-29H. The number of furan rings is 1. The average molecular weight is 628 g/mol. The zero-order valence-electron chi connectivity index (χ0n) is 26.5. The molecule has 0 unspecified atom stereocenters.